The van der Waals surface area contributed by atoms with Crippen molar-refractivity contribution >= 4 is 31.4 Å². The molecule has 1 aliphatic heterocycles. The Morgan fingerprint density at radius 2 is 1.97 bits per heavy atom. The van der Waals surface area contributed by atoms with E-state index in [9.17, 15) is 9.18 Å². The van der Waals surface area contributed by atoms with E-state index in [1.54, 1.807) is 45.7 Å². The molecule has 1 aromatic carbocycles. The second-order valence-electron chi connectivity index (χ2n) is 10.9. The van der Waals surface area contributed by atoms with Crippen LogP contribution in [-0.4, -0.2) is 69.9 Å². The van der Waals surface area contributed by atoms with Crippen molar-refractivity contribution in [3.8, 4) is 16.9 Å². The summed E-state index contributed by atoms with van der Waals surface area (Å²) in [6.45, 7) is 8.46. The minimum Gasteiger partial charge on any atom is -0.496 e. The zero-order valence-electron chi connectivity index (χ0n) is 22.7. The lowest BCUT2D eigenvalue weighted by Gasteiger charge is -2.21. The van der Waals surface area contributed by atoms with Gasteiger partial charge < -0.3 is 19.3 Å². The Hall–Kier alpha value is -3.01. The number of fused-ring (bicyclic) bond motifs is 1. The Kier molecular flexibility index (Phi) is 8.39. The van der Waals surface area contributed by atoms with Crippen molar-refractivity contribution in [2.45, 2.75) is 31.6 Å². The Morgan fingerprint density at radius 3 is 2.66 bits per heavy atom. The van der Waals surface area contributed by atoms with E-state index in [0.29, 0.717) is 58.7 Å². The van der Waals surface area contributed by atoms with E-state index >= 15 is 0 Å². The minimum atomic E-state index is -1.24. The number of ether oxygens (including phenoxy) is 2. The number of carbonyl (C=O) groups excluding carboxylic acids is 1. The predicted octanol–water partition coefficient (Wildman–Crippen LogP) is 5.91. The number of methoxy groups -OCH3 is 1. The van der Waals surface area contributed by atoms with Gasteiger partial charge in [0.15, 0.2) is 0 Å². The van der Waals surface area contributed by atoms with E-state index in [4.69, 9.17) is 26.1 Å². The third-order valence-corrected chi connectivity index (χ3v) is 8.71. The number of carbonyl (C=O) groups is 1. The standard InChI is InChI=1S/C28H34ClFN4O3Si/c1-33(2)28(35)19-11-18(13-31-14-19)22-15-32-27-25(26(22)29)23(21-12-20(30)7-8-24(21)36-3)16-34(27)17-37-9-10-38(4,5)6/h7-8,11-15,23H,9-10,16-17H2,1-6H3. The molecular formula is C28H34ClFN4O3Si. The molecule has 1 amide bonds. The first-order valence-corrected chi connectivity index (χ1v) is 16.6. The fourth-order valence-electron chi connectivity index (χ4n) is 4.52. The van der Waals surface area contributed by atoms with Gasteiger partial charge >= 0.3 is 0 Å². The third-order valence-electron chi connectivity index (χ3n) is 6.59. The molecule has 4 rings (SSSR count). The van der Waals surface area contributed by atoms with Crippen LogP contribution in [-0.2, 0) is 4.74 Å². The molecule has 0 bridgehead atoms. The molecule has 0 fully saturated rings. The zero-order valence-corrected chi connectivity index (χ0v) is 24.5. The van der Waals surface area contributed by atoms with Gasteiger partial charge in [0, 0.05) is 82.1 Å². The Balaban J connectivity index is 1.76. The minimum absolute atomic E-state index is 0.159. The third kappa shape index (κ3) is 6.00. The summed E-state index contributed by atoms with van der Waals surface area (Å²) in [5.41, 5.74) is 3.23. The molecule has 0 aliphatic carbocycles. The summed E-state index contributed by atoms with van der Waals surface area (Å²) in [5.74, 6) is 0.456. The van der Waals surface area contributed by atoms with E-state index in [2.05, 4.69) is 24.6 Å². The summed E-state index contributed by atoms with van der Waals surface area (Å²) in [6, 6.07) is 7.31. The van der Waals surface area contributed by atoms with Crippen LogP contribution in [0.4, 0.5) is 10.2 Å². The van der Waals surface area contributed by atoms with Crippen LogP contribution in [0.25, 0.3) is 11.1 Å². The van der Waals surface area contributed by atoms with Gasteiger partial charge in [0.25, 0.3) is 5.91 Å². The van der Waals surface area contributed by atoms with Crippen molar-refractivity contribution in [3.05, 3.63) is 70.4 Å². The van der Waals surface area contributed by atoms with Crippen molar-refractivity contribution in [1.29, 1.82) is 0 Å². The SMILES string of the molecule is COc1ccc(F)cc1C1CN(COCC[Si](C)(C)C)c2ncc(-c3cncc(C(=O)N(C)C)c3)c(Cl)c21. The maximum atomic E-state index is 14.4. The van der Waals surface area contributed by atoms with Gasteiger partial charge in [-0.1, -0.05) is 31.2 Å². The number of hydrogen-bond donors (Lipinski definition) is 0. The largest absolute Gasteiger partial charge is 0.496 e. The highest BCUT2D eigenvalue weighted by Crippen LogP contribution is 2.48. The fourth-order valence-corrected chi connectivity index (χ4v) is 5.65. The molecule has 0 saturated heterocycles. The maximum absolute atomic E-state index is 14.4. The molecule has 7 nitrogen and oxygen atoms in total. The van der Waals surface area contributed by atoms with Crippen LogP contribution < -0.4 is 9.64 Å². The molecule has 3 aromatic rings. The molecule has 10 heteroatoms. The van der Waals surface area contributed by atoms with Crippen LogP contribution in [0.1, 0.15) is 27.4 Å². The van der Waals surface area contributed by atoms with Crippen LogP contribution in [0, 0.1) is 5.82 Å². The summed E-state index contributed by atoms with van der Waals surface area (Å²) in [5, 5.41) is 0.479. The highest BCUT2D eigenvalue weighted by Gasteiger charge is 2.36. The fraction of sp³-hybridized carbons (Fsp3) is 0.393. The molecule has 1 aliphatic rings. The molecule has 0 saturated carbocycles. The van der Waals surface area contributed by atoms with Crippen LogP contribution in [0.3, 0.4) is 0 Å². The Labute approximate surface area is 229 Å². The molecule has 0 N–H and O–H groups in total. The van der Waals surface area contributed by atoms with Crippen LogP contribution in [0.15, 0.2) is 42.9 Å². The molecule has 0 radical (unpaired) electrons. The van der Waals surface area contributed by atoms with Gasteiger partial charge in [-0.05, 0) is 30.3 Å². The second kappa shape index (κ2) is 11.4. The highest BCUT2D eigenvalue weighted by atomic mass is 35.5. The quantitative estimate of drug-likeness (QED) is 0.241. The molecular weight excluding hydrogens is 523 g/mol. The zero-order chi connectivity index (χ0) is 27.6. The monoisotopic (exact) mass is 556 g/mol. The lowest BCUT2D eigenvalue weighted by Crippen LogP contribution is -2.28. The number of anilines is 1. The van der Waals surface area contributed by atoms with Crippen LogP contribution in [0.2, 0.25) is 30.7 Å². The van der Waals surface area contributed by atoms with Gasteiger partial charge in [0.2, 0.25) is 0 Å². The maximum Gasteiger partial charge on any atom is 0.254 e. The van der Waals surface area contributed by atoms with Crippen molar-refractivity contribution in [3.63, 3.8) is 0 Å². The average Bonchev–Trinajstić information content (AvgIpc) is 3.25. The summed E-state index contributed by atoms with van der Waals surface area (Å²) in [7, 11) is 3.71. The molecule has 2 aromatic heterocycles. The summed E-state index contributed by atoms with van der Waals surface area (Å²) >= 11 is 7.09. The van der Waals surface area contributed by atoms with Crippen molar-refractivity contribution < 1.29 is 18.7 Å². The molecule has 3 heterocycles. The molecule has 202 valence electrons. The van der Waals surface area contributed by atoms with Gasteiger partial charge in [-0.25, -0.2) is 9.37 Å². The van der Waals surface area contributed by atoms with Crippen LogP contribution >= 0.6 is 11.6 Å². The van der Waals surface area contributed by atoms with E-state index in [-0.39, 0.29) is 17.6 Å². The lowest BCUT2D eigenvalue weighted by atomic mass is 9.91. The second-order valence-corrected chi connectivity index (χ2v) is 16.9. The highest BCUT2D eigenvalue weighted by molar-refractivity contribution is 6.76. The van der Waals surface area contributed by atoms with Gasteiger partial charge in [-0.3, -0.25) is 9.78 Å². The molecule has 0 spiro atoms. The first-order chi connectivity index (χ1) is 18.0. The Morgan fingerprint density at radius 1 is 1.21 bits per heavy atom. The number of nitrogens with zero attached hydrogens (tertiary/aromatic N) is 4. The van der Waals surface area contributed by atoms with Crippen molar-refractivity contribution in [1.82, 2.24) is 14.9 Å². The van der Waals surface area contributed by atoms with Gasteiger partial charge in [-0.2, -0.15) is 0 Å². The normalized spacial score (nSPS) is 14.9. The van der Waals surface area contributed by atoms with Crippen LogP contribution in [0.5, 0.6) is 5.75 Å². The number of halogens is 2. The first-order valence-electron chi connectivity index (χ1n) is 12.5. The lowest BCUT2D eigenvalue weighted by molar-refractivity contribution is 0.0827. The van der Waals surface area contributed by atoms with E-state index in [0.717, 1.165) is 11.6 Å². The van der Waals surface area contributed by atoms with E-state index < -0.39 is 8.07 Å². The van der Waals surface area contributed by atoms with Crippen molar-refractivity contribution in [2.75, 3.05) is 46.0 Å². The molecule has 1 atom stereocenters. The topological polar surface area (TPSA) is 67.8 Å². The van der Waals surface area contributed by atoms with Gasteiger partial charge in [-0.15, -0.1) is 0 Å². The predicted molar refractivity (Wildman–Crippen MR) is 152 cm³/mol. The number of pyridine rings is 2. The Bertz CT molecular complexity index is 1330. The van der Waals surface area contributed by atoms with Gasteiger partial charge in [0.1, 0.15) is 24.1 Å². The van der Waals surface area contributed by atoms with E-state index in [1.165, 1.54) is 23.2 Å². The smallest absolute Gasteiger partial charge is 0.254 e. The number of aromatic nitrogens is 2. The summed E-state index contributed by atoms with van der Waals surface area (Å²) in [6.07, 6.45) is 4.88. The van der Waals surface area contributed by atoms with Crippen molar-refractivity contribution in [2.24, 2.45) is 0 Å². The number of rotatable bonds is 9. The first kappa shape index (κ1) is 28.0. The molecule has 38 heavy (non-hydrogen) atoms. The number of hydrogen-bond acceptors (Lipinski definition) is 6. The molecule has 1 unspecified atom stereocenters. The van der Waals surface area contributed by atoms with E-state index in [1.807, 2.05) is 4.90 Å². The van der Waals surface area contributed by atoms with Gasteiger partial charge in [0.05, 0.1) is 17.7 Å². The average molecular weight is 557 g/mol. The summed E-state index contributed by atoms with van der Waals surface area (Å²) < 4.78 is 26.1. The number of amides is 1. The number of benzene rings is 1. The summed E-state index contributed by atoms with van der Waals surface area (Å²) in [4.78, 5) is 25.1.